The van der Waals surface area contributed by atoms with E-state index in [1.54, 1.807) is 34.9 Å². The van der Waals surface area contributed by atoms with Gasteiger partial charge in [-0.15, -0.1) is 23.1 Å². The van der Waals surface area contributed by atoms with Gasteiger partial charge in [0.05, 0.1) is 14.8 Å². The summed E-state index contributed by atoms with van der Waals surface area (Å²) in [5, 5.41) is 0. The molecule has 1 fully saturated rings. The number of piperazine rings is 1. The van der Waals surface area contributed by atoms with Gasteiger partial charge < -0.3 is 9.80 Å². The van der Waals surface area contributed by atoms with E-state index in [1.165, 1.54) is 17.4 Å². The molecule has 4 rings (SSSR count). The van der Waals surface area contributed by atoms with Crippen molar-refractivity contribution in [1.82, 2.24) is 4.90 Å². The first-order valence-corrected chi connectivity index (χ1v) is 10.6. The Bertz CT molecular complexity index is 901. The molecule has 4 nitrogen and oxygen atoms in total. The Kier molecular flexibility index (Phi) is 4.76. The number of Topliss-reactive ketones (excluding diaryl/α,β-unsaturated/α-hetero) is 1. The third-order valence-corrected chi connectivity index (χ3v) is 7.44. The Morgan fingerprint density at radius 3 is 2.56 bits per heavy atom. The molecule has 1 aromatic carbocycles. The number of hydrogen-bond donors (Lipinski definition) is 0. The Morgan fingerprint density at radius 2 is 1.85 bits per heavy atom. The fraction of sp³-hybridized carbons (Fsp3) is 0.400. The molecule has 7 heteroatoms. The van der Waals surface area contributed by atoms with Crippen LogP contribution >= 0.6 is 23.1 Å². The lowest BCUT2D eigenvalue weighted by atomic mass is 10.0. The molecule has 0 unspecified atom stereocenters. The smallest absolute Gasteiger partial charge is 0.264 e. The molecule has 3 heterocycles. The van der Waals surface area contributed by atoms with Crippen molar-refractivity contribution in [2.75, 3.05) is 31.1 Å². The van der Waals surface area contributed by atoms with E-state index in [-0.39, 0.29) is 22.3 Å². The van der Waals surface area contributed by atoms with E-state index in [2.05, 4.69) is 13.8 Å². The molecule has 1 aromatic heterocycles. The second-order valence-electron chi connectivity index (χ2n) is 7.50. The lowest BCUT2D eigenvalue weighted by molar-refractivity contribution is 0.0751. The number of fused-ring (bicyclic) bond motifs is 1. The second kappa shape index (κ2) is 6.95. The molecule has 0 spiro atoms. The van der Waals surface area contributed by atoms with Gasteiger partial charge in [0, 0.05) is 42.9 Å². The van der Waals surface area contributed by atoms with E-state index in [1.807, 2.05) is 11.0 Å². The number of hydrogen-bond acceptors (Lipinski definition) is 5. The minimum Gasteiger partial charge on any atom is -0.366 e. The van der Waals surface area contributed by atoms with Crippen LogP contribution in [0.3, 0.4) is 0 Å². The Labute approximate surface area is 166 Å². The highest BCUT2D eigenvalue weighted by atomic mass is 32.2. The van der Waals surface area contributed by atoms with E-state index < -0.39 is 0 Å². The van der Waals surface area contributed by atoms with Crippen molar-refractivity contribution in [3.8, 4) is 0 Å². The largest absolute Gasteiger partial charge is 0.366 e. The molecule has 0 aliphatic carbocycles. The quantitative estimate of drug-likeness (QED) is 0.748. The molecule has 0 atom stereocenters. The van der Waals surface area contributed by atoms with Crippen molar-refractivity contribution >= 4 is 40.5 Å². The number of halogens is 1. The maximum atomic E-state index is 14.0. The maximum absolute atomic E-state index is 14.0. The summed E-state index contributed by atoms with van der Waals surface area (Å²) in [6.07, 6.45) is 0.496. The highest BCUT2D eigenvalue weighted by Gasteiger charge is 2.35. The van der Waals surface area contributed by atoms with Gasteiger partial charge in [-0.3, -0.25) is 9.59 Å². The number of rotatable bonds is 2. The molecule has 142 valence electrons. The van der Waals surface area contributed by atoms with Crippen LogP contribution in [0, 0.1) is 5.82 Å². The average molecular weight is 405 g/mol. The van der Waals surface area contributed by atoms with Crippen molar-refractivity contribution in [2.45, 2.75) is 29.2 Å². The van der Waals surface area contributed by atoms with E-state index >= 15 is 0 Å². The van der Waals surface area contributed by atoms with Gasteiger partial charge in [0.15, 0.2) is 5.78 Å². The highest BCUT2D eigenvalue weighted by molar-refractivity contribution is 8.02. The molecular weight excluding hydrogens is 383 g/mol. The number of ketones is 1. The number of nitrogens with zero attached hydrogens (tertiary/aromatic N) is 2. The SMILES string of the molecule is CC1(C)CC(=O)c2cc(C(=O)N3CCN(c4ccccc4F)CC3)sc2S1. The lowest BCUT2D eigenvalue weighted by Gasteiger charge is -2.36. The van der Waals surface area contributed by atoms with Gasteiger partial charge in [-0.05, 0) is 32.0 Å². The molecular formula is C20H21FN2O2S2. The third kappa shape index (κ3) is 3.62. The van der Waals surface area contributed by atoms with Gasteiger partial charge in [0.25, 0.3) is 5.91 Å². The Balaban J connectivity index is 1.46. The van der Waals surface area contributed by atoms with Crippen molar-refractivity contribution < 1.29 is 14.0 Å². The minimum absolute atomic E-state index is 0.0335. The zero-order valence-electron chi connectivity index (χ0n) is 15.3. The van der Waals surface area contributed by atoms with Crippen LogP contribution < -0.4 is 4.90 Å². The van der Waals surface area contributed by atoms with Gasteiger partial charge in [0.2, 0.25) is 0 Å². The van der Waals surface area contributed by atoms with Crippen LogP contribution in [0.5, 0.6) is 0 Å². The summed E-state index contributed by atoms with van der Waals surface area (Å²) >= 11 is 3.10. The Hall–Kier alpha value is -1.86. The standard InChI is InChI=1S/C20H21FN2O2S2/c1-20(2)12-16(24)13-11-17(26-19(13)27-20)18(25)23-9-7-22(8-10-23)15-6-4-3-5-14(15)21/h3-6,11H,7-10,12H2,1-2H3. The van der Waals surface area contributed by atoms with Gasteiger partial charge in [0.1, 0.15) is 5.82 Å². The third-order valence-electron chi connectivity index (χ3n) is 4.92. The molecule has 2 aliphatic heterocycles. The Morgan fingerprint density at radius 1 is 1.15 bits per heavy atom. The zero-order chi connectivity index (χ0) is 19.2. The van der Waals surface area contributed by atoms with E-state index in [9.17, 15) is 14.0 Å². The molecule has 0 radical (unpaired) electrons. The number of amides is 1. The maximum Gasteiger partial charge on any atom is 0.264 e. The molecule has 0 bridgehead atoms. The summed E-state index contributed by atoms with van der Waals surface area (Å²) < 4.78 is 14.8. The first-order valence-electron chi connectivity index (χ1n) is 8.99. The highest BCUT2D eigenvalue weighted by Crippen LogP contribution is 2.46. The number of thiophene rings is 1. The molecule has 2 aliphatic rings. The minimum atomic E-state index is -0.235. The number of benzene rings is 1. The molecule has 1 amide bonds. The van der Waals surface area contributed by atoms with Crippen LogP contribution in [0.2, 0.25) is 0 Å². The van der Waals surface area contributed by atoms with E-state index in [4.69, 9.17) is 0 Å². The second-order valence-corrected chi connectivity index (χ2v) is 10.5. The number of carbonyl (C=O) groups excluding carboxylic acids is 2. The predicted molar refractivity (Wildman–Crippen MR) is 108 cm³/mol. The van der Waals surface area contributed by atoms with E-state index in [0.717, 1.165) is 4.21 Å². The van der Waals surface area contributed by atoms with Crippen molar-refractivity contribution in [1.29, 1.82) is 0 Å². The molecule has 0 N–H and O–H groups in total. The number of anilines is 1. The van der Waals surface area contributed by atoms with Gasteiger partial charge in [-0.25, -0.2) is 4.39 Å². The van der Waals surface area contributed by atoms with Gasteiger partial charge in [-0.1, -0.05) is 12.1 Å². The van der Waals surface area contributed by atoms with Gasteiger partial charge in [-0.2, -0.15) is 0 Å². The van der Waals surface area contributed by atoms with Crippen LogP contribution in [0.25, 0.3) is 0 Å². The number of carbonyl (C=O) groups is 2. The summed E-state index contributed by atoms with van der Waals surface area (Å²) in [6, 6.07) is 8.49. The van der Waals surface area contributed by atoms with Crippen molar-refractivity contribution in [3.05, 3.63) is 46.6 Å². The normalized spacial score (nSPS) is 19.1. The fourth-order valence-corrected chi connectivity index (χ4v) is 6.51. The predicted octanol–water partition coefficient (Wildman–Crippen LogP) is 4.31. The topological polar surface area (TPSA) is 40.6 Å². The van der Waals surface area contributed by atoms with Crippen LogP contribution in [-0.4, -0.2) is 47.5 Å². The van der Waals surface area contributed by atoms with Crippen molar-refractivity contribution in [2.24, 2.45) is 0 Å². The monoisotopic (exact) mass is 404 g/mol. The molecule has 2 aromatic rings. The summed E-state index contributed by atoms with van der Waals surface area (Å²) in [5.74, 6) is -0.149. The zero-order valence-corrected chi connectivity index (χ0v) is 17.0. The first kappa shape index (κ1) is 18.5. The molecule has 27 heavy (non-hydrogen) atoms. The summed E-state index contributed by atoms with van der Waals surface area (Å²) in [4.78, 5) is 29.7. The van der Waals surface area contributed by atoms with Crippen LogP contribution in [0.1, 0.15) is 40.3 Å². The van der Waals surface area contributed by atoms with Crippen LogP contribution in [-0.2, 0) is 0 Å². The van der Waals surface area contributed by atoms with Crippen molar-refractivity contribution in [3.63, 3.8) is 0 Å². The first-order chi connectivity index (χ1) is 12.8. The lowest BCUT2D eigenvalue weighted by Crippen LogP contribution is -2.48. The van der Waals surface area contributed by atoms with Crippen LogP contribution in [0.4, 0.5) is 10.1 Å². The number of thioether (sulfide) groups is 1. The summed E-state index contributed by atoms with van der Waals surface area (Å²) in [7, 11) is 0. The molecule has 1 saturated heterocycles. The van der Waals surface area contributed by atoms with Gasteiger partial charge >= 0.3 is 0 Å². The van der Waals surface area contributed by atoms with Crippen LogP contribution in [0.15, 0.2) is 34.5 Å². The summed E-state index contributed by atoms with van der Waals surface area (Å²) in [5.41, 5.74) is 1.28. The number of para-hydroxylation sites is 1. The summed E-state index contributed by atoms with van der Waals surface area (Å²) in [6.45, 7) is 6.39. The fourth-order valence-electron chi connectivity index (χ4n) is 3.53. The molecule has 0 saturated carbocycles. The average Bonchev–Trinajstić information content (AvgIpc) is 3.05. The van der Waals surface area contributed by atoms with E-state index in [0.29, 0.717) is 48.7 Å².